The molecule has 6 heteroatoms. The molecule has 0 spiro atoms. The first-order valence-corrected chi connectivity index (χ1v) is 10.1. The number of quaternary nitrogens is 1. The van der Waals surface area contributed by atoms with E-state index in [9.17, 15) is 14.7 Å². The highest BCUT2D eigenvalue weighted by Crippen LogP contribution is 2.39. The lowest BCUT2D eigenvalue weighted by molar-refractivity contribution is -0.858. The Morgan fingerprint density at radius 2 is 1.70 bits per heavy atom. The fourth-order valence-electron chi connectivity index (χ4n) is 3.71. The van der Waals surface area contributed by atoms with Crippen molar-refractivity contribution in [3.8, 4) is 5.75 Å². The molecule has 0 saturated carbocycles. The van der Waals surface area contributed by atoms with Crippen LogP contribution in [0.2, 0.25) is 0 Å². The third kappa shape index (κ3) is 4.39. The Bertz CT molecular complexity index is 946. The number of aliphatic hydroxyl groups is 1. The van der Waals surface area contributed by atoms with Crippen LogP contribution in [-0.4, -0.2) is 56.0 Å². The molecular weight excluding hydrogens is 380 g/mol. The Kier molecular flexibility index (Phi) is 6.57. The molecule has 2 aromatic rings. The van der Waals surface area contributed by atoms with E-state index in [0.717, 1.165) is 24.1 Å². The molecule has 0 bridgehead atoms. The minimum Gasteiger partial charge on any atom is -0.507 e. The number of hydrogen-bond donors (Lipinski definition) is 2. The summed E-state index contributed by atoms with van der Waals surface area (Å²) < 4.78 is 5.17. The second-order valence-electron chi connectivity index (χ2n) is 7.94. The maximum absolute atomic E-state index is 13.0. The van der Waals surface area contributed by atoms with Gasteiger partial charge in [0, 0.05) is 18.5 Å². The predicted molar refractivity (Wildman–Crippen MR) is 115 cm³/mol. The second kappa shape index (κ2) is 9.13. The van der Waals surface area contributed by atoms with E-state index in [0.29, 0.717) is 17.9 Å². The van der Waals surface area contributed by atoms with Crippen molar-refractivity contribution in [1.82, 2.24) is 4.90 Å². The molecule has 1 fully saturated rings. The van der Waals surface area contributed by atoms with Crippen molar-refractivity contribution in [3.05, 3.63) is 70.8 Å². The highest BCUT2D eigenvalue weighted by molar-refractivity contribution is 6.46. The normalized spacial score (nSPS) is 18.3. The zero-order valence-corrected chi connectivity index (χ0v) is 17.9. The van der Waals surface area contributed by atoms with E-state index in [1.807, 2.05) is 31.2 Å². The first-order valence-electron chi connectivity index (χ1n) is 10.1. The number of carbonyl (C=O) groups excluding carboxylic acids is 2. The Morgan fingerprint density at radius 1 is 1.07 bits per heavy atom. The van der Waals surface area contributed by atoms with Crippen molar-refractivity contribution in [2.24, 2.45) is 0 Å². The number of carbonyl (C=O) groups is 2. The number of Topliss-reactive ketones (excluding diaryl/α,β-unsaturated/α-hetero) is 1. The van der Waals surface area contributed by atoms with Crippen molar-refractivity contribution in [2.75, 3.05) is 34.3 Å². The summed E-state index contributed by atoms with van der Waals surface area (Å²) in [7, 11) is 5.66. The molecule has 0 unspecified atom stereocenters. The van der Waals surface area contributed by atoms with Crippen molar-refractivity contribution < 1.29 is 24.3 Å². The summed E-state index contributed by atoms with van der Waals surface area (Å²) in [4.78, 5) is 28.7. The molecule has 0 radical (unpaired) electrons. The number of aryl methyl sites for hydroxylation is 1. The zero-order chi connectivity index (χ0) is 21.8. The van der Waals surface area contributed by atoms with Crippen LogP contribution in [0.5, 0.6) is 5.75 Å². The van der Waals surface area contributed by atoms with Crippen LogP contribution in [0.15, 0.2) is 54.1 Å². The number of hydrogen-bond acceptors (Lipinski definition) is 4. The molecule has 158 valence electrons. The quantitative estimate of drug-likeness (QED) is 0.417. The van der Waals surface area contributed by atoms with Gasteiger partial charge < -0.3 is 19.6 Å². The van der Waals surface area contributed by atoms with E-state index < -0.39 is 17.7 Å². The summed E-state index contributed by atoms with van der Waals surface area (Å²) in [6, 6.07) is 13.9. The molecule has 1 saturated heterocycles. The van der Waals surface area contributed by atoms with E-state index in [-0.39, 0.29) is 11.3 Å². The predicted octanol–water partition coefficient (Wildman–Crippen LogP) is 1.96. The number of nitrogens with one attached hydrogen (secondary N) is 1. The van der Waals surface area contributed by atoms with Gasteiger partial charge in [0.2, 0.25) is 0 Å². The summed E-state index contributed by atoms with van der Waals surface area (Å²) in [6.07, 6.45) is 0.764. The van der Waals surface area contributed by atoms with Crippen molar-refractivity contribution >= 4 is 17.4 Å². The van der Waals surface area contributed by atoms with Gasteiger partial charge in [-0.1, -0.05) is 29.8 Å². The molecule has 1 aliphatic rings. The largest absolute Gasteiger partial charge is 0.507 e. The van der Waals surface area contributed by atoms with E-state index in [1.54, 1.807) is 36.3 Å². The maximum atomic E-state index is 13.0. The van der Waals surface area contributed by atoms with Gasteiger partial charge in [0.25, 0.3) is 11.7 Å². The lowest BCUT2D eigenvalue weighted by atomic mass is 9.94. The molecule has 1 aliphatic heterocycles. The standard InChI is InChI=1S/C24H28N2O4/c1-16-6-8-17(9-7-16)21-20(22(27)18-10-12-19(30-4)13-11-18)23(28)24(29)26(21)15-5-14-25(2)3/h6-13,21,27H,5,14-15H2,1-4H3/p+1/t21-/m1/s1. The van der Waals surface area contributed by atoms with Gasteiger partial charge in [-0.3, -0.25) is 9.59 Å². The Labute approximate surface area is 177 Å². The van der Waals surface area contributed by atoms with Crippen molar-refractivity contribution in [2.45, 2.75) is 19.4 Å². The number of aliphatic hydroxyl groups excluding tert-OH is 1. The number of benzene rings is 2. The lowest BCUT2D eigenvalue weighted by Crippen LogP contribution is -3.05. The SMILES string of the molecule is COc1ccc(C(O)=C2C(=O)C(=O)N(CCC[NH+](C)C)[C@@H]2c2ccc(C)cc2)cc1. The first-order chi connectivity index (χ1) is 14.3. The van der Waals surface area contributed by atoms with Crippen LogP contribution < -0.4 is 9.64 Å². The van der Waals surface area contributed by atoms with Gasteiger partial charge >= 0.3 is 0 Å². The summed E-state index contributed by atoms with van der Waals surface area (Å²) >= 11 is 0. The molecule has 3 rings (SSSR count). The van der Waals surface area contributed by atoms with Crippen LogP contribution in [0, 0.1) is 6.92 Å². The fourth-order valence-corrected chi connectivity index (χ4v) is 3.71. The van der Waals surface area contributed by atoms with Crippen molar-refractivity contribution in [1.29, 1.82) is 0 Å². The zero-order valence-electron chi connectivity index (χ0n) is 17.9. The van der Waals surface area contributed by atoms with E-state index >= 15 is 0 Å². The van der Waals surface area contributed by atoms with Gasteiger partial charge in [-0.25, -0.2) is 0 Å². The highest BCUT2D eigenvalue weighted by Gasteiger charge is 2.45. The van der Waals surface area contributed by atoms with E-state index in [4.69, 9.17) is 4.74 Å². The molecule has 0 aliphatic carbocycles. The van der Waals surface area contributed by atoms with Crippen LogP contribution in [0.3, 0.4) is 0 Å². The van der Waals surface area contributed by atoms with Gasteiger partial charge in [0.05, 0.1) is 39.4 Å². The average Bonchev–Trinajstić information content (AvgIpc) is 2.98. The first kappa shape index (κ1) is 21.6. The summed E-state index contributed by atoms with van der Waals surface area (Å²) in [5.41, 5.74) is 2.50. The van der Waals surface area contributed by atoms with Crippen LogP contribution in [0.4, 0.5) is 0 Å². The van der Waals surface area contributed by atoms with Gasteiger partial charge in [0.1, 0.15) is 11.5 Å². The van der Waals surface area contributed by atoms with Gasteiger partial charge in [-0.2, -0.15) is 0 Å². The number of ketones is 1. The number of likely N-dealkylation sites (tertiary alicyclic amines) is 1. The Morgan fingerprint density at radius 3 is 2.27 bits per heavy atom. The van der Waals surface area contributed by atoms with E-state index in [1.165, 1.54) is 4.90 Å². The lowest BCUT2D eigenvalue weighted by Gasteiger charge is -2.25. The maximum Gasteiger partial charge on any atom is 0.295 e. The number of amides is 1. The number of ether oxygens (including phenoxy) is 1. The van der Waals surface area contributed by atoms with E-state index in [2.05, 4.69) is 14.1 Å². The molecule has 6 nitrogen and oxygen atoms in total. The summed E-state index contributed by atoms with van der Waals surface area (Å²) in [5, 5.41) is 11.0. The molecule has 1 atom stereocenters. The third-order valence-electron chi connectivity index (χ3n) is 5.37. The molecule has 2 aromatic carbocycles. The fraction of sp³-hybridized carbons (Fsp3) is 0.333. The smallest absolute Gasteiger partial charge is 0.295 e. The molecule has 0 aromatic heterocycles. The van der Waals surface area contributed by atoms with Crippen LogP contribution >= 0.6 is 0 Å². The average molecular weight is 410 g/mol. The number of methoxy groups -OCH3 is 1. The minimum atomic E-state index is -0.647. The number of rotatable bonds is 7. The molecule has 30 heavy (non-hydrogen) atoms. The third-order valence-corrected chi connectivity index (χ3v) is 5.37. The number of nitrogens with zero attached hydrogens (tertiary/aromatic N) is 1. The molecule has 2 N–H and O–H groups in total. The van der Waals surface area contributed by atoms with Crippen molar-refractivity contribution in [3.63, 3.8) is 0 Å². The van der Waals surface area contributed by atoms with Gasteiger partial charge in [-0.05, 0) is 36.8 Å². The minimum absolute atomic E-state index is 0.131. The second-order valence-corrected chi connectivity index (χ2v) is 7.94. The van der Waals surface area contributed by atoms with Gasteiger partial charge in [0.15, 0.2) is 0 Å². The summed E-state index contributed by atoms with van der Waals surface area (Å²) in [6.45, 7) is 3.31. The molecular formula is C24H29N2O4+. The Hall–Kier alpha value is -3.12. The van der Waals surface area contributed by atoms with Crippen LogP contribution in [0.25, 0.3) is 5.76 Å². The Balaban J connectivity index is 2.06. The topological polar surface area (TPSA) is 71.3 Å². The highest BCUT2D eigenvalue weighted by atomic mass is 16.5. The van der Waals surface area contributed by atoms with Crippen LogP contribution in [-0.2, 0) is 9.59 Å². The summed E-state index contributed by atoms with van der Waals surface area (Å²) in [5.74, 6) is -0.730. The monoisotopic (exact) mass is 409 g/mol. The molecule has 1 amide bonds. The van der Waals surface area contributed by atoms with Crippen LogP contribution in [0.1, 0.15) is 29.2 Å². The van der Waals surface area contributed by atoms with Gasteiger partial charge in [-0.15, -0.1) is 0 Å². The molecule has 1 heterocycles.